The molecule has 78 valence electrons. The van der Waals surface area contributed by atoms with Crippen LogP contribution in [0.2, 0.25) is 0 Å². The number of H-pyrrole nitrogens is 1. The van der Waals surface area contributed by atoms with Gasteiger partial charge < -0.3 is 9.88 Å². The van der Waals surface area contributed by atoms with Crippen LogP contribution in [0.25, 0.3) is 0 Å². The molecule has 15 heavy (non-hydrogen) atoms. The van der Waals surface area contributed by atoms with E-state index in [1.54, 1.807) is 0 Å². The lowest BCUT2D eigenvalue weighted by molar-refractivity contribution is 1.05. The van der Waals surface area contributed by atoms with E-state index in [0.717, 1.165) is 6.42 Å². The Morgan fingerprint density at radius 3 is 2.47 bits per heavy atom. The van der Waals surface area contributed by atoms with Crippen molar-refractivity contribution in [1.82, 2.24) is 4.98 Å². The molecule has 1 N–H and O–H groups in total. The van der Waals surface area contributed by atoms with Gasteiger partial charge in [-0.25, -0.2) is 0 Å². The number of anilines is 1. The summed E-state index contributed by atoms with van der Waals surface area (Å²) in [7, 11) is 4.13. The Balaban J connectivity index is 2.21. The molecule has 0 aliphatic carbocycles. The Kier molecular flexibility index (Phi) is 2.77. The number of rotatable bonds is 3. The van der Waals surface area contributed by atoms with Gasteiger partial charge in [-0.3, -0.25) is 0 Å². The smallest absolute Gasteiger partial charge is 0.0575 e. The Hall–Kier alpha value is -1.70. The van der Waals surface area contributed by atoms with Gasteiger partial charge in [-0.1, -0.05) is 30.3 Å². The van der Waals surface area contributed by atoms with Gasteiger partial charge in [0.1, 0.15) is 0 Å². The van der Waals surface area contributed by atoms with E-state index >= 15 is 0 Å². The first-order chi connectivity index (χ1) is 7.27. The minimum Gasteiger partial charge on any atom is -0.376 e. The van der Waals surface area contributed by atoms with Crippen LogP contribution in [0.5, 0.6) is 0 Å². The quantitative estimate of drug-likeness (QED) is 0.807. The number of nitrogens with one attached hydrogen (secondary N) is 1. The molecule has 2 heteroatoms. The van der Waals surface area contributed by atoms with Crippen LogP contribution in [-0.4, -0.2) is 19.1 Å². The number of aromatic amines is 1. The van der Waals surface area contributed by atoms with Gasteiger partial charge in [0.15, 0.2) is 0 Å². The fourth-order valence-electron chi connectivity index (χ4n) is 1.76. The lowest BCUT2D eigenvalue weighted by Gasteiger charge is -2.13. The van der Waals surface area contributed by atoms with Gasteiger partial charge in [-0.05, 0) is 11.6 Å². The first kappa shape index (κ1) is 9.84. The van der Waals surface area contributed by atoms with Crippen LogP contribution in [0.4, 0.5) is 5.69 Å². The molecule has 0 fully saturated rings. The molecular formula is C13H16N2. The van der Waals surface area contributed by atoms with Crippen molar-refractivity contribution in [1.29, 1.82) is 0 Å². The highest BCUT2D eigenvalue weighted by molar-refractivity contribution is 5.51. The Morgan fingerprint density at radius 1 is 1.07 bits per heavy atom. The van der Waals surface area contributed by atoms with E-state index in [1.165, 1.54) is 16.9 Å². The second-order valence-corrected chi connectivity index (χ2v) is 3.90. The maximum Gasteiger partial charge on any atom is 0.0575 e. The molecule has 2 rings (SSSR count). The summed E-state index contributed by atoms with van der Waals surface area (Å²) in [5.74, 6) is 0. The van der Waals surface area contributed by atoms with E-state index in [0.29, 0.717) is 0 Å². The fourth-order valence-corrected chi connectivity index (χ4v) is 1.76. The molecular weight excluding hydrogens is 184 g/mol. The molecule has 0 unspecified atom stereocenters. The summed E-state index contributed by atoms with van der Waals surface area (Å²) in [5, 5.41) is 0. The van der Waals surface area contributed by atoms with Crippen LogP contribution in [0.1, 0.15) is 11.3 Å². The van der Waals surface area contributed by atoms with Gasteiger partial charge in [-0.15, -0.1) is 0 Å². The van der Waals surface area contributed by atoms with Gasteiger partial charge in [0, 0.05) is 32.4 Å². The van der Waals surface area contributed by atoms with E-state index in [9.17, 15) is 0 Å². The van der Waals surface area contributed by atoms with Crippen LogP contribution in [-0.2, 0) is 6.42 Å². The van der Waals surface area contributed by atoms with Crippen molar-refractivity contribution in [2.45, 2.75) is 6.42 Å². The molecule has 2 nitrogen and oxygen atoms in total. The molecule has 0 atom stereocenters. The molecule has 0 bridgehead atoms. The van der Waals surface area contributed by atoms with Crippen LogP contribution in [0.15, 0.2) is 42.6 Å². The Labute approximate surface area is 90.6 Å². The van der Waals surface area contributed by atoms with Crippen LogP contribution >= 0.6 is 0 Å². The zero-order valence-electron chi connectivity index (χ0n) is 9.20. The molecule has 0 aliphatic heterocycles. The van der Waals surface area contributed by atoms with Crippen molar-refractivity contribution in [3.63, 3.8) is 0 Å². The number of hydrogen-bond donors (Lipinski definition) is 1. The van der Waals surface area contributed by atoms with E-state index in [1.807, 2.05) is 12.3 Å². The summed E-state index contributed by atoms with van der Waals surface area (Å²) < 4.78 is 0. The molecule has 0 saturated carbocycles. The second-order valence-electron chi connectivity index (χ2n) is 3.90. The standard InChI is InChI=1S/C13H16N2/c1-15(2)13-8-9-14-12(13)10-11-6-4-3-5-7-11/h3-9,14H,10H2,1-2H3. The van der Waals surface area contributed by atoms with E-state index in [2.05, 4.69) is 54.3 Å². The highest BCUT2D eigenvalue weighted by atomic mass is 15.1. The van der Waals surface area contributed by atoms with Gasteiger partial charge in [-0.2, -0.15) is 0 Å². The third-order valence-electron chi connectivity index (χ3n) is 2.51. The number of benzene rings is 1. The van der Waals surface area contributed by atoms with Gasteiger partial charge in [0.05, 0.1) is 5.69 Å². The Bertz CT molecular complexity index is 415. The zero-order chi connectivity index (χ0) is 10.7. The summed E-state index contributed by atoms with van der Waals surface area (Å²) in [5.41, 5.74) is 3.87. The summed E-state index contributed by atoms with van der Waals surface area (Å²) in [6.07, 6.45) is 2.95. The van der Waals surface area contributed by atoms with Crippen LogP contribution < -0.4 is 4.90 Å². The molecule has 2 aromatic rings. The third kappa shape index (κ3) is 2.21. The largest absolute Gasteiger partial charge is 0.376 e. The van der Waals surface area contributed by atoms with Gasteiger partial charge in [0.2, 0.25) is 0 Å². The van der Waals surface area contributed by atoms with Crippen molar-refractivity contribution in [2.24, 2.45) is 0 Å². The first-order valence-corrected chi connectivity index (χ1v) is 5.15. The average Bonchev–Trinajstić information content (AvgIpc) is 2.67. The number of hydrogen-bond acceptors (Lipinski definition) is 1. The topological polar surface area (TPSA) is 19.0 Å². The van der Waals surface area contributed by atoms with Crippen molar-refractivity contribution in [2.75, 3.05) is 19.0 Å². The van der Waals surface area contributed by atoms with Gasteiger partial charge >= 0.3 is 0 Å². The number of aromatic nitrogens is 1. The van der Waals surface area contributed by atoms with Crippen molar-refractivity contribution in [3.8, 4) is 0 Å². The molecule has 0 saturated heterocycles. The van der Waals surface area contributed by atoms with Crippen molar-refractivity contribution in [3.05, 3.63) is 53.9 Å². The van der Waals surface area contributed by atoms with Gasteiger partial charge in [0.25, 0.3) is 0 Å². The summed E-state index contributed by atoms with van der Waals surface area (Å²) in [4.78, 5) is 5.43. The zero-order valence-corrected chi connectivity index (χ0v) is 9.20. The SMILES string of the molecule is CN(C)c1cc[nH]c1Cc1ccccc1. The minimum absolute atomic E-state index is 0.960. The highest BCUT2D eigenvalue weighted by Gasteiger charge is 2.05. The molecule has 0 spiro atoms. The predicted molar refractivity (Wildman–Crippen MR) is 64.4 cm³/mol. The van der Waals surface area contributed by atoms with E-state index in [4.69, 9.17) is 0 Å². The maximum atomic E-state index is 3.29. The molecule has 1 heterocycles. The van der Waals surface area contributed by atoms with Crippen molar-refractivity contribution < 1.29 is 0 Å². The number of nitrogens with zero attached hydrogens (tertiary/aromatic N) is 1. The van der Waals surface area contributed by atoms with Crippen molar-refractivity contribution >= 4 is 5.69 Å². The summed E-state index contributed by atoms with van der Waals surface area (Å²) in [6, 6.07) is 12.6. The van der Waals surface area contributed by atoms with Crippen LogP contribution in [0.3, 0.4) is 0 Å². The first-order valence-electron chi connectivity index (χ1n) is 5.15. The molecule has 1 aromatic carbocycles. The molecule has 0 aliphatic rings. The molecule has 1 aromatic heterocycles. The monoisotopic (exact) mass is 200 g/mol. The normalized spacial score (nSPS) is 10.3. The van der Waals surface area contributed by atoms with E-state index in [-0.39, 0.29) is 0 Å². The average molecular weight is 200 g/mol. The summed E-state index contributed by atoms with van der Waals surface area (Å²) >= 11 is 0. The minimum atomic E-state index is 0.960. The van der Waals surface area contributed by atoms with Crippen LogP contribution in [0, 0.1) is 0 Å². The molecule has 0 radical (unpaired) electrons. The molecule has 0 amide bonds. The lowest BCUT2D eigenvalue weighted by Crippen LogP contribution is -2.10. The third-order valence-corrected chi connectivity index (χ3v) is 2.51. The second kappa shape index (κ2) is 4.22. The van der Waals surface area contributed by atoms with E-state index < -0.39 is 0 Å². The predicted octanol–water partition coefficient (Wildman–Crippen LogP) is 2.67. The Morgan fingerprint density at radius 2 is 1.80 bits per heavy atom. The summed E-state index contributed by atoms with van der Waals surface area (Å²) in [6.45, 7) is 0. The fraction of sp³-hybridized carbons (Fsp3) is 0.231. The highest BCUT2D eigenvalue weighted by Crippen LogP contribution is 2.19. The maximum absolute atomic E-state index is 3.29. The lowest BCUT2D eigenvalue weighted by atomic mass is 10.1.